The molecule has 5 nitrogen and oxygen atoms in total. The van der Waals surface area contributed by atoms with Crippen molar-refractivity contribution in [2.45, 2.75) is 12.8 Å². The van der Waals surface area contributed by atoms with Crippen LogP contribution in [0.1, 0.15) is 17.5 Å². The zero-order chi connectivity index (χ0) is 16.5. The van der Waals surface area contributed by atoms with Crippen LogP contribution >= 0.6 is 0 Å². The second kappa shape index (κ2) is 8.35. The van der Waals surface area contributed by atoms with E-state index in [-0.39, 0.29) is 18.4 Å². The highest BCUT2D eigenvalue weighted by Crippen LogP contribution is 2.12. The molecule has 0 saturated heterocycles. The Kier molecular flexibility index (Phi) is 5.89. The number of nitrogens with zero attached hydrogens (tertiary/aromatic N) is 1. The number of nitriles is 1. The summed E-state index contributed by atoms with van der Waals surface area (Å²) in [5.41, 5.74) is 1.91. The first-order valence-electron chi connectivity index (χ1n) is 7.28. The molecule has 2 N–H and O–H groups in total. The second-order valence-electron chi connectivity index (χ2n) is 4.97. The van der Waals surface area contributed by atoms with E-state index in [4.69, 9.17) is 5.26 Å². The average molecular weight is 307 g/mol. The lowest BCUT2D eigenvalue weighted by Crippen LogP contribution is -2.33. The maximum absolute atomic E-state index is 11.8. The fourth-order valence-electron chi connectivity index (χ4n) is 2.05. The van der Waals surface area contributed by atoms with E-state index in [2.05, 4.69) is 10.6 Å². The van der Waals surface area contributed by atoms with Crippen molar-refractivity contribution in [2.24, 2.45) is 0 Å². The minimum absolute atomic E-state index is 0.118. The van der Waals surface area contributed by atoms with Crippen molar-refractivity contribution in [3.8, 4) is 6.07 Å². The van der Waals surface area contributed by atoms with Gasteiger partial charge in [-0.1, -0.05) is 42.5 Å². The lowest BCUT2D eigenvalue weighted by atomic mass is 10.1. The zero-order valence-electron chi connectivity index (χ0n) is 12.6. The van der Waals surface area contributed by atoms with E-state index in [9.17, 15) is 9.59 Å². The lowest BCUT2D eigenvalue weighted by Gasteiger charge is -2.08. The van der Waals surface area contributed by atoms with Crippen molar-refractivity contribution >= 4 is 17.5 Å². The van der Waals surface area contributed by atoms with E-state index >= 15 is 0 Å². The van der Waals surface area contributed by atoms with Crippen molar-refractivity contribution in [3.63, 3.8) is 0 Å². The molecule has 0 spiro atoms. The number of hydrogen-bond donors (Lipinski definition) is 2. The van der Waals surface area contributed by atoms with Crippen molar-refractivity contribution < 1.29 is 9.59 Å². The number of carbonyl (C=O) groups excluding carboxylic acids is 2. The molecule has 0 fully saturated rings. The van der Waals surface area contributed by atoms with Gasteiger partial charge in [0.15, 0.2) is 0 Å². The molecule has 0 aromatic heterocycles. The molecule has 0 atom stereocenters. The van der Waals surface area contributed by atoms with E-state index in [1.807, 2.05) is 36.4 Å². The molecule has 0 radical (unpaired) electrons. The molecule has 0 bridgehead atoms. The van der Waals surface area contributed by atoms with Crippen LogP contribution in [-0.4, -0.2) is 18.4 Å². The standard InChI is InChI=1S/C18H17N3O2/c19-12-15-8-4-5-9-16(15)21-18(23)13-20-17(22)11-10-14-6-2-1-3-7-14/h1-9H,10-11,13H2,(H,20,22)(H,21,23). The Morgan fingerprint density at radius 2 is 1.65 bits per heavy atom. The largest absolute Gasteiger partial charge is 0.347 e. The van der Waals surface area contributed by atoms with Crippen molar-refractivity contribution in [2.75, 3.05) is 11.9 Å². The topological polar surface area (TPSA) is 82.0 Å². The van der Waals surface area contributed by atoms with Crippen molar-refractivity contribution in [1.82, 2.24) is 5.32 Å². The molecule has 2 aromatic carbocycles. The molecule has 0 aliphatic rings. The number of rotatable bonds is 6. The van der Waals surface area contributed by atoms with Crippen LogP contribution in [-0.2, 0) is 16.0 Å². The van der Waals surface area contributed by atoms with E-state index in [1.54, 1.807) is 24.3 Å². The molecule has 5 heteroatoms. The summed E-state index contributed by atoms with van der Waals surface area (Å²) in [6.45, 7) is -0.118. The summed E-state index contributed by atoms with van der Waals surface area (Å²) in [7, 11) is 0. The molecule has 0 unspecified atom stereocenters. The van der Waals surface area contributed by atoms with Crippen LogP contribution < -0.4 is 10.6 Å². The van der Waals surface area contributed by atoms with Crippen LogP contribution in [0.4, 0.5) is 5.69 Å². The Morgan fingerprint density at radius 3 is 2.39 bits per heavy atom. The Labute approximate surface area is 134 Å². The van der Waals surface area contributed by atoms with Crippen LogP contribution in [0.5, 0.6) is 0 Å². The number of aryl methyl sites for hydroxylation is 1. The van der Waals surface area contributed by atoms with Gasteiger partial charge in [-0.15, -0.1) is 0 Å². The Bertz CT molecular complexity index is 721. The lowest BCUT2D eigenvalue weighted by molar-refractivity contribution is -0.124. The Morgan fingerprint density at radius 1 is 0.957 bits per heavy atom. The van der Waals surface area contributed by atoms with Gasteiger partial charge in [-0.05, 0) is 24.1 Å². The predicted octanol–water partition coefficient (Wildman–Crippen LogP) is 2.25. The minimum atomic E-state index is -0.360. The van der Waals surface area contributed by atoms with E-state index in [1.165, 1.54) is 0 Å². The first kappa shape index (κ1) is 16.2. The monoisotopic (exact) mass is 307 g/mol. The molecule has 0 aliphatic heterocycles. The highest BCUT2D eigenvalue weighted by atomic mass is 16.2. The van der Waals surface area contributed by atoms with Gasteiger partial charge in [-0.3, -0.25) is 9.59 Å². The number of hydrogen-bond acceptors (Lipinski definition) is 3. The fraction of sp³-hybridized carbons (Fsp3) is 0.167. The summed E-state index contributed by atoms with van der Waals surface area (Å²) in [4.78, 5) is 23.6. The number of para-hydroxylation sites is 1. The highest BCUT2D eigenvalue weighted by Gasteiger charge is 2.08. The summed E-state index contributed by atoms with van der Waals surface area (Å²) in [5, 5.41) is 14.1. The molecule has 0 saturated carbocycles. The fourth-order valence-corrected chi connectivity index (χ4v) is 2.05. The van der Waals surface area contributed by atoms with Gasteiger partial charge in [0, 0.05) is 6.42 Å². The van der Waals surface area contributed by atoms with Gasteiger partial charge in [0.05, 0.1) is 17.8 Å². The number of benzene rings is 2. The minimum Gasteiger partial charge on any atom is -0.347 e. The average Bonchev–Trinajstić information content (AvgIpc) is 2.59. The maximum atomic E-state index is 11.8. The molecule has 2 rings (SSSR count). The first-order chi connectivity index (χ1) is 11.2. The zero-order valence-corrected chi connectivity index (χ0v) is 12.6. The first-order valence-corrected chi connectivity index (χ1v) is 7.28. The molecular formula is C18H17N3O2. The number of anilines is 1. The van der Waals surface area contributed by atoms with E-state index < -0.39 is 0 Å². The van der Waals surface area contributed by atoms with Crippen molar-refractivity contribution in [3.05, 3.63) is 65.7 Å². The molecule has 0 heterocycles. The molecule has 0 aliphatic carbocycles. The second-order valence-corrected chi connectivity index (χ2v) is 4.97. The molecule has 2 amide bonds. The Hall–Kier alpha value is -3.13. The molecular weight excluding hydrogens is 290 g/mol. The summed E-state index contributed by atoms with van der Waals surface area (Å²) in [6.07, 6.45) is 0.956. The van der Waals surface area contributed by atoms with Gasteiger partial charge in [-0.2, -0.15) is 5.26 Å². The normalized spacial score (nSPS) is 9.70. The van der Waals surface area contributed by atoms with Gasteiger partial charge in [0.1, 0.15) is 6.07 Å². The van der Waals surface area contributed by atoms with Gasteiger partial charge in [-0.25, -0.2) is 0 Å². The van der Waals surface area contributed by atoms with Crippen LogP contribution in [0.15, 0.2) is 54.6 Å². The van der Waals surface area contributed by atoms with Gasteiger partial charge in [0.2, 0.25) is 11.8 Å². The SMILES string of the molecule is N#Cc1ccccc1NC(=O)CNC(=O)CCc1ccccc1. The van der Waals surface area contributed by atoms with Crippen LogP contribution in [0, 0.1) is 11.3 Å². The number of carbonyl (C=O) groups is 2. The quantitative estimate of drug-likeness (QED) is 0.858. The predicted molar refractivity (Wildman–Crippen MR) is 87.6 cm³/mol. The molecule has 2 aromatic rings. The van der Waals surface area contributed by atoms with E-state index in [0.29, 0.717) is 24.1 Å². The third-order valence-corrected chi connectivity index (χ3v) is 3.25. The number of nitrogens with one attached hydrogen (secondary N) is 2. The van der Waals surface area contributed by atoms with Crippen LogP contribution in [0.25, 0.3) is 0 Å². The van der Waals surface area contributed by atoms with Gasteiger partial charge < -0.3 is 10.6 Å². The summed E-state index contributed by atoms with van der Waals surface area (Å²) < 4.78 is 0. The summed E-state index contributed by atoms with van der Waals surface area (Å²) >= 11 is 0. The smallest absolute Gasteiger partial charge is 0.243 e. The van der Waals surface area contributed by atoms with E-state index in [0.717, 1.165) is 5.56 Å². The van der Waals surface area contributed by atoms with Crippen LogP contribution in [0.3, 0.4) is 0 Å². The summed E-state index contributed by atoms with van der Waals surface area (Å²) in [6, 6.07) is 18.4. The third-order valence-electron chi connectivity index (χ3n) is 3.25. The summed E-state index contributed by atoms with van der Waals surface area (Å²) in [5.74, 6) is -0.543. The molecule has 23 heavy (non-hydrogen) atoms. The Balaban J connectivity index is 1.76. The number of amides is 2. The highest BCUT2D eigenvalue weighted by molar-refractivity contribution is 5.95. The van der Waals surface area contributed by atoms with Gasteiger partial charge in [0.25, 0.3) is 0 Å². The van der Waals surface area contributed by atoms with Crippen LogP contribution in [0.2, 0.25) is 0 Å². The maximum Gasteiger partial charge on any atom is 0.243 e. The molecule has 116 valence electrons. The third kappa shape index (κ3) is 5.29. The van der Waals surface area contributed by atoms with Gasteiger partial charge >= 0.3 is 0 Å². The van der Waals surface area contributed by atoms with Crippen molar-refractivity contribution in [1.29, 1.82) is 5.26 Å².